The molecule has 11 heteroatoms. The average Bonchev–Trinajstić information content (AvgIpc) is 2.85. The molecule has 2 aromatic carbocycles. The lowest BCUT2D eigenvalue weighted by Crippen LogP contribution is -2.38. The smallest absolute Gasteiger partial charge is 0.293 e. The highest BCUT2D eigenvalue weighted by Gasteiger charge is 2.24. The maximum absolute atomic E-state index is 12.8. The van der Waals surface area contributed by atoms with Crippen molar-refractivity contribution in [3.63, 3.8) is 0 Å². The van der Waals surface area contributed by atoms with Gasteiger partial charge in [-0.2, -0.15) is 0 Å². The molecule has 1 amide bonds. The number of thiocarbonyl (C=S) groups is 1. The first-order valence-corrected chi connectivity index (χ1v) is 11.1. The molecule has 0 unspecified atom stereocenters. The van der Waals surface area contributed by atoms with Crippen LogP contribution in [0.25, 0.3) is 0 Å². The van der Waals surface area contributed by atoms with Gasteiger partial charge in [-0.05, 0) is 36.5 Å². The first kappa shape index (κ1) is 22.9. The van der Waals surface area contributed by atoms with Gasteiger partial charge in [0.1, 0.15) is 5.69 Å². The normalized spacial score (nSPS) is 16.2. The molecule has 2 aliphatic rings. The predicted molar refractivity (Wildman–Crippen MR) is 129 cm³/mol. The third-order valence-electron chi connectivity index (χ3n) is 5.52. The number of ether oxygens (including phenoxy) is 2. The highest BCUT2D eigenvalue weighted by Crippen LogP contribution is 2.30. The van der Waals surface area contributed by atoms with Crippen molar-refractivity contribution in [3.05, 3.63) is 58.1 Å². The zero-order valence-electron chi connectivity index (χ0n) is 18.0. The molecule has 2 fully saturated rings. The number of hydrogen-bond acceptors (Lipinski definition) is 8. The Labute approximate surface area is 196 Å². The fraction of sp³-hybridized carbons (Fsp3) is 0.364. The van der Waals surface area contributed by atoms with Crippen LogP contribution in [-0.4, -0.2) is 68.5 Å². The van der Waals surface area contributed by atoms with E-state index >= 15 is 0 Å². The van der Waals surface area contributed by atoms with Crippen LogP contribution in [0.5, 0.6) is 0 Å². The molecule has 4 rings (SSSR count). The number of nitro benzene ring substituents is 1. The number of morpholine rings is 2. The fourth-order valence-electron chi connectivity index (χ4n) is 3.87. The maximum atomic E-state index is 12.8. The minimum atomic E-state index is -0.520. The molecule has 10 nitrogen and oxygen atoms in total. The fourth-order valence-corrected chi connectivity index (χ4v) is 4.07. The van der Waals surface area contributed by atoms with Crippen LogP contribution in [0, 0.1) is 10.1 Å². The van der Waals surface area contributed by atoms with E-state index in [1.54, 1.807) is 12.1 Å². The van der Waals surface area contributed by atoms with Gasteiger partial charge < -0.3 is 24.6 Å². The molecule has 174 valence electrons. The van der Waals surface area contributed by atoms with E-state index < -0.39 is 10.8 Å². The van der Waals surface area contributed by atoms with Crippen LogP contribution < -0.4 is 20.4 Å². The van der Waals surface area contributed by atoms with Gasteiger partial charge in [-0.15, -0.1) is 0 Å². The molecule has 0 aliphatic carbocycles. The molecule has 0 saturated carbocycles. The Hall–Kier alpha value is -3.28. The van der Waals surface area contributed by atoms with Gasteiger partial charge in [0.15, 0.2) is 5.11 Å². The van der Waals surface area contributed by atoms with Crippen LogP contribution in [0.4, 0.5) is 22.7 Å². The summed E-state index contributed by atoms with van der Waals surface area (Å²) < 4.78 is 10.7. The van der Waals surface area contributed by atoms with Crippen molar-refractivity contribution in [3.8, 4) is 0 Å². The van der Waals surface area contributed by atoms with Crippen LogP contribution in [0.1, 0.15) is 10.4 Å². The van der Waals surface area contributed by atoms with E-state index in [1.807, 2.05) is 29.2 Å². The van der Waals surface area contributed by atoms with Crippen molar-refractivity contribution >= 4 is 46.0 Å². The number of nitro groups is 1. The summed E-state index contributed by atoms with van der Waals surface area (Å²) in [5, 5.41) is 17.5. The Kier molecular flexibility index (Phi) is 7.33. The quantitative estimate of drug-likeness (QED) is 0.386. The number of carbonyl (C=O) groups is 1. The molecule has 0 aromatic heterocycles. The molecule has 2 aliphatic heterocycles. The third kappa shape index (κ3) is 5.56. The summed E-state index contributed by atoms with van der Waals surface area (Å²) in [7, 11) is 0. The number of nitrogens with one attached hydrogen (secondary N) is 2. The lowest BCUT2D eigenvalue weighted by Gasteiger charge is -2.30. The number of rotatable bonds is 5. The van der Waals surface area contributed by atoms with Crippen LogP contribution in [0.15, 0.2) is 42.5 Å². The Morgan fingerprint density at radius 3 is 2.18 bits per heavy atom. The summed E-state index contributed by atoms with van der Waals surface area (Å²) in [6.45, 7) is 4.94. The standard InChI is InChI=1S/C22H25N5O5S/c28-21(16-5-6-19(20(15-16)27(29)30)26-9-13-32-14-10-26)24-22(33)23-17-3-1-2-4-18(17)25-7-11-31-12-8-25/h1-6,15H,7-14H2,(H2,23,24,28,33). The first-order chi connectivity index (χ1) is 16.0. The van der Waals surface area contributed by atoms with Gasteiger partial charge in [0.2, 0.25) is 0 Å². The Morgan fingerprint density at radius 2 is 1.55 bits per heavy atom. The summed E-state index contributed by atoms with van der Waals surface area (Å²) in [4.78, 5) is 28.0. The number of hydrogen-bond donors (Lipinski definition) is 2. The van der Waals surface area contributed by atoms with Crippen LogP contribution in [-0.2, 0) is 9.47 Å². The number of benzene rings is 2. The van der Waals surface area contributed by atoms with E-state index in [9.17, 15) is 14.9 Å². The monoisotopic (exact) mass is 471 g/mol. The summed E-state index contributed by atoms with van der Waals surface area (Å²) in [5.74, 6) is -0.520. The van der Waals surface area contributed by atoms with Gasteiger partial charge in [-0.3, -0.25) is 20.2 Å². The summed E-state index contributed by atoms with van der Waals surface area (Å²) >= 11 is 5.34. The van der Waals surface area contributed by atoms with E-state index in [4.69, 9.17) is 21.7 Å². The van der Waals surface area contributed by atoms with Gasteiger partial charge in [0.05, 0.1) is 42.7 Å². The average molecular weight is 472 g/mol. The molecule has 0 radical (unpaired) electrons. The van der Waals surface area contributed by atoms with Crippen molar-refractivity contribution < 1.29 is 19.2 Å². The number of anilines is 3. The number of amides is 1. The molecule has 2 heterocycles. The third-order valence-corrected chi connectivity index (χ3v) is 5.72. The van der Waals surface area contributed by atoms with Crippen molar-refractivity contribution in [1.82, 2.24) is 5.32 Å². The highest BCUT2D eigenvalue weighted by atomic mass is 32.1. The summed E-state index contributed by atoms with van der Waals surface area (Å²) in [5.41, 5.74) is 2.23. The van der Waals surface area contributed by atoms with E-state index in [1.165, 1.54) is 6.07 Å². The number of carbonyl (C=O) groups excluding carboxylic acids is 1. The molecule has 33 heavy (non-hydrogen) atoms. The molecule has 2 aromatic rings. The molecular weight excluding hydrogens is 446 g/mol. The molecule has 2 saturated heterocycles. The van der Waals surface area contributed by atoms with Crippen LogP contribution in [0.2, 0.25) is 0 Å². The number of para-hydroxylation sites is 2. The van der Waals surface area contributed by atoms with Gasteiger partial charge in [-0.25, -0.2) is 0 Å². The second-order valence-corrected chi connectivity index (χ2v) is 7.99. The van der Waals surface area contributed by atoms with Gasteiger partial charge in [-0.1, -0.05) is 12.1 Å². The second-order valence-electron chi connectivity index (χ2n) is 7.58. The SMILES string of the molecule is O=C(NC(=S)Nc1ccccc1N1CCOCC1)c1ccc(N2CCOCC2)c([N+](=O)[O-])c1. The predicted octanol–water partition coefficient (Wildman–Crippen LogP) is 2.39. The van der Waals surface area contributed by atoms with Gasteiger partial charge in [0.25, 0.3) is 11.6 Å². The zero-order valence-corrected chi connectivity index (χ0v) is 18.8. The van der Waals surface area contributed by atoms with Crippen molar-refractivity contribution in [1.29, 1.82) is 0 Å². The molecule has 0 atom stereocenters. The van der Waals surface area contributed by atoms with Crippen LogP contribution in [0.3, 0.4) is 0 Å². The van der Waals surface area contributed by atoms with Crippen LogP contribution >= 0.6 is 12.2 Å². The largest absolute Gasteiger partial charge is 0.378 e. The lowest BCUT2D eigenvalue weighted by atomic mass is 10.1. The number of nitrogens with zero attached hydrogens (tertiary/aromatic N) is 3. The molecule has 2 N–H and O–H groups in total. The van der Waals surface area contributed by atoms with Gasteiger partial charge >= 0.3 is 0 Å². The topological polar surface area (TPSA) is 109 Å². The zero-order chi connectivity index (χ0) is 23.2. The van der Waals surface area contributed by atoms with E-state index in [-0.39, 0.29) is 16.4 Å². The summed E-state index contributed by atoms with van der Waals surface area (Å²) in [6.07, 6.45) is 0. The Bertz CT molecular complexity index is 1040. The second kappa shape index (κ2) is 10.6. The van der Waals surface area contributed by atoms with Crippen molar-refractivity contribution in [2.75, 3.05) is 67.7 Å². The molecule has 0 bridgehead atoms. The minimum Gasteiger partial charge on any atom is -0.378 e. The Morgan fingerprint density at radius 1 is 0.939 bits per heavy atom. The van der Waals surface area contributed by atoms with Gasteiger partial charge in [0, 0.05) is 37.8 Å². The summed E-state index contributed by atoms with van der Waals surface area (Å²) in [6, 6.07) is 12.1. The Balaban J connectivity index is 1.46. The van der Waals surface area contributed by atoms with Crippen molar-refractivity contribution in [2.24, 2.45) is 0 Å². The molecular formula is C22H25N5O5S. The first-order valence-electron chi connectivity index (χ1n) is 10.7. The minimum absolute atomic E-state index is 0.112. The molecule has 0 spiro atoms. The lowest BCUT2D eigenvalue weighted by molar-refractivity contribution is -0.384. The highest BCUT2D eigenvalue weighted by molar-refractivity contribution is 7.80. The van der Waals surface area contributed by atoms with Crippen molar-refractivity contribution in [2.45, 2.75) is 0 Å². The van der Waals surface area contributed by atoms with E-state index in [0.29, 0.717) is 45.2 Å². The van der Waals surface area contributed by atoms with E-state index in [0.717, 1.165) is 24.5 Å². The maximum Gasteiger partial charge on any atom is 0.293 e. The van der Waals surface area contributed by atoms with E-state index in [2.05, 4.69) is 15.5 Å².